The number of carbonyl (C=O) groups excluding carboxylic acids is 1. The minimum absolute atomic E-state index is 0.0484. The molecule has 2 atom stereocenters. The maximum absolute atomic E-state index is 13.2. The summed E-state index contributed by atoms with van der Waals surface area (Å²) in [4.78, 5) is 12.3. The zero-order valence-electron chi connectivity index (χ0n) is 11.5. The van der Waals surface area contributed by atoms with Crippen LogP contribution in [0.5, 0.6) is 5.75 Å². The average Bonchev–Trinajstić information content (AvgIpc) is 2.41. The van der Waals surface area contributed by atoms with Gasteiger partial charge in [-0.25, -0.2) is 4.39 Å². The van der Waals surface area contributed by atoms with Crippen molar-refractivity contribution in [2.24, 2.45) is 5.92 Å². The van der Waals surface area contributed by atoms with Crippen LogP contribution in [-0.2, 0) is 0 Å². The Morgan fingerprint density at radius 3 is 3.00 bits per heavy atom. The van der Waals surface area contributed by atoms with Gasteiger partial charge in [0.25, 0.3) is 5.91 Å². The SMILES string of the molecule is CC1CCCC(CCl)(NC(=O)c2cc(F)ccc2O)C1. The van der Waals surface area contributed by atoms with Gasteiger partial charge in [0.1, 0.15) is 11.6 Å². The number of carbonyl (C=O) groups is 1. The molecule has 3 nitrogen and oxygen atoms in total. The molecule has 1 saturated carbocycles. The van der Waals surface area contributed by atoms with Gasteiger partial charge >= 0.3 is 0 Å². The van der Waals surface area contributed by atoms with E-state index >= 15 is 0 Å². The average molecular weight is 300 g/mol. The third-order valence-electron chi connectivity index (χ3n) is 3.93. The van der Waals surface area contributed by atoms with Crippen molar-refractivity contribution < 1.29 is 14.3 Å². The van der Waals surface area contributed by atoms with E-state index in [4.69, 9.17) is 11.6 Å². The fourth-order valence-electron chi connectivity index (χ4n) is 2.93. The number of halogens is 2. The molecule has 1 aliphatic rings. The Bertz CT molecular complexity index is 509. The lowest BCUT2D eigenvalue weighted by Gasteiger charge is -2.39. The third kappa shape index (κ3) is 3.23. The lowest BCUT2D eigenvalue weighted by molar-refractivity contribution is 0.0864. The Balaban J connectivity index is 2.19. The van der Waals surface area contributed by atoms with Crippen LogP contribution in [-0.4, -0.2) is 22.4 Å². The second-order valence-corrected chi connectivity index (χ2v) is 6.00. The van der Waals surface area contributed by atoms with Gasteiger partial charge in [-0.3, -0.25) is 4.79 Å². The molecule has 1 aliphatic carbocycles. The van der Waals surface area contributed by atoms with Gasteiger partial charge in [-0.05, 0) is 37.0 Å². The quantitative estimate of drug-likeness (QED) is 0.840. The Morgan fingerprint density at radius 2 is 2.35 bits per heavy atom. The lowest BCUT2D eigenvalue weighted by Crippen LogP contribution is -2.52. The van der Waals surface area contributed by atoms with E-state index in [-0.39, 0.29) is 11.3 Å². The predicted octanol–water partition coefficient (Wildman–Crippen LogP) is 3.45. The van der Waals surface area contributed by atoms with Gasteiger partial charge in [0.2, 0.25) is 0 Å². The molecule has 5 heteroatoms. The van der Waals surface area contributed by atoms with Crippen molar-refractivity contribution in [3.05, 3.63) is 29.6 Å². The largest absolute Gasteiger partial charge is 0.507 e. The zero-order chi connectivity index (χ0) is 14.8. The van der Waals surface area contributed by atoms with Gasteiger partial charge in [-0.1, -0.05) is 19.8 Å². The number of rotatable bonds is 3. The standard InChI is InChI=1S/C15H19ClFNO2/c1-10-3-2-6-15(8-10,9-16)18-14(20)12-7-11(17)4-5-13(12)19/h4-5,7,10,19H,2-3,6,8-9H2,1H3,(H,18,20). The third-order valence-corrected chi connectivity index (χ3v) is 4.44. The summed E-state index contributed by atoms with van der Waals surface area (Å²) in [7, 11) is 0. The summed E-state index contributed by atoms with van der Waals surface area (Å²) in [5.74, 6) is -0.442. The van der Waals surface area contributed by atoms with E-state index in [1.165, 1.54) is 6.07 Å². The molecule has 0 aliphatic heterocycles. The summed E-state index contributed by atoms with van der Waals surface area (Å²) in [5, 5.41) is 12.6. The molecule has 0 spiro atoms. The minimum atomic E-state index is -0.551. The molecule has 2 rings (SSSR count). The molecule has 1 aromatic rings. The number of nitrogens with one attached hydrogen (secondary N) is 1. The topological polar surface area (TPSA) is 49.3 Å². The highest BCUT2D eigenvalue weighted by Crippen LogP contribution is 2.33. The molecule has 1 aromatic carbocycles. The van der Waals surface area contributed by atoms with E-state index in [0.717, 1.165) is 37.8 Å². The number of alkyl halides is 1. The Morgan fingerprint density at radius 1 is 1.60 bits per heavy atom. The maximum atomic E-state index is 13.2. The van der Waals surface area contributed by atoms with Crippen LogP contribution < -0.4 is 5.32 Å². The lowest BCUT2D eigenvalue weighted by atomic mass is 9.77. The summed E-state index contributed by atoms with van der Waals surface area (Å²) in [6.45, 7) is 2.13. The number of amides is 1. The van der Waals surface area contributed by atoms with Crippen LogP contribution in [0.3, 0.4) is 0 Å². The first-order chi connectivity index (χ1) is 9.46. The molecule has 0 radical (unpaired) electrons. The van der Waals surface area contributed by atoms with Crippen molar-refractivity contribution in [2.75, 3.05) is 5.88 Å². The van der Waals surface area contributed by atoms with E-state index in [1.54, 1.807) is 0 Å². The summed E-state index contributed by atoms with van der Waals surface area (Å²) < 4.78 is 13.2. The molecule has 0 aromatic heterocycles. The molecule has 20 heavy (non-hydrogen) atoms. The van der Waals surface area contributed by atoms with Crippen LogP contribution >= 0.6 is 11.6 Å². The van der Waals surface area contributed by atoms with Gasteiger partial charge in [0.15, 0.2) is 0 Å². The second-order valence-electron chi connectivity index (χ2n) is 5.73. The van der Waals surface area contributed by atoms with E-state index in [0.29, 0.717) is 11.8 Å². The van der Waals surface area contributed by atoms with Crippen LogP contribution in [0, 0.1) is 11.7 Å². The highest BCUT2D eigenvalue weighted by Gasteiger charge is 2.36. The first-order valence-electron chi connectivity index (χ1n) is 6.83. The number of aromatic hydroxyl groups is 1. The van der Waals surface area contributed by atoms with E-state index in [1.807, 2.05) is 0 Å². The Hall–Kier alpha value is -1.29. The fraction of sp³-hybridized carbons (Fsp3) is 0.533. The van der Waals surface area contributed by atoms with Crippen molar-refractivity contribution in [1.29, 1.82) is 0 Å². The van der Waals surface area contributed by atoms with E-state index in [2.05, 4.69) is 12.2 Å². The van der Waals surface area contributed by atoms with Crippen LogP contribution in [0.1, 0.15) is 43.0 Å². The number of hydrogen-bond acceptors (Lipinski definition) is 2. The number of hydrogen-bond donors (Lipinski definition) is 2. The van der Waals surface area contributed by atoms with Gasteiger partial charge in [-0.15, -0.1) is 11.6 Å². The normalized spacial score (nSPS) is 26.2. The summed E-state index contributed by atoms with van der Waals surface area (Å²) in [5.41, 5.74) is -0.512. The molecule has 110 valence electrons. The molecule has 0 heterocycles. The minimum Gasteiger partial charge on any atom is -0.507 e. The molecule has 1 fully saturated rings. The first kappa shape index (κ1) is 15.1. The van der Waals surface area contributed by atoms with Crippen LogP contribution in [0.25, 0.3) is 0 Å². The van der Waals surface area contributed by atoms with Crippen molar-refractivity contribution in [1.82, 2.24) is 5.32 Å². The number of phenolic OH excluding ortho intramolecular Hbond substituents is 1. The fourth-order valence-corrected chi connectivity index (χ4v) is 3.24. The molecule has 0 bridgehead atoms. The molecule has 2 unspecified atom stereocenters. The van der Waals surface area contributed by atoms with Gasteiger partial charge < -0.3 is 10.4 Å². The van der Waals surface area contributed by atoms with Crippen LogP contribution in [0.2, 0.25) is 0 Å². The molecule has 2 N–H and O–H groups in total. The monoisotopic (exact) mass is 299 g/mol. The molecule has 1 amide bonds. The van der Waals surface area contributed by atoms with E-state index in [9.17, 15) is 14.3 Å². The van der Waals surface area contributed by atoms with Crippen molar-refractivity contribution >= 4 is 17.5 Å². The van der Waals surface area contributed by atoms with Crippen molar-refractivity contribution in [3.63, 3.8) is 0 Å². The molecular weight excluding hydrogens is 281 g/mol. The second kappa shape index (κ2) is 6.00. The Kier molecular flexibility index (Phi) is 4.53. The highest BCUT2D eigenvalue weighted by molar-refractivity contribution is 6.19. The zero-order valence-corrected chi connectivity index (χ0v) is 12.2. The first-order valence-corrected chi connectivity index (χ1v) is 7.36. The van der Waals surface area contributed by atoms with Gasteiger partial charge in [-0.2, -0.15) is 0 Å². The number of benzene rings is 1. The number of phenols is 1. The summed E-state index contributed by atoms with van der Waals surface area (Å²) >= 11 is 6.05. The smallest absolute Gasteiger partial charge is 0.255 e. The summed E-state index contributed by atoms with van der Waals surface area (Å²) in [6.07, 6.45) is 3.74. The maximum Gasteiger partial charge on any atom is 0.255 e. The van der Waals surface area contributed by atoms with Gasteiger partial charge in [0.05, 0.1) is 11.1 Å². The molecular formula is C15H19ClFNO2. The van der Waals surface area contributed by atoms with Gasteiger partial charge in [0, 0.05) is 5.88 Å². The van der Waals surface area contributed by atoms with Crippen molar-refractivity contribution in [2.45, 2.75) is 38.1 Å². The van der Waals surface area contributed by atoms with Crippen LogP contribution in [0.15, 0.2) is 18.2 Å². The highest BCUT2D eigenvalue weighted by atomic mass is 35.5. The van der Waals surface area contributed by atoms with E-state index < -0.39 is 17.3 Å². The molecule has 0 saturated heterocycles. The van der Waals surface area contributed by atoms with Crippen LogP contribution in [0.4, 0.5) is 4.39 Å². The Labute approximate surface area is 123 Å². The summed E-state index contributed by atoms with van der Waals surface area (Å²) in [6, 6.07) is 3.34. The predicted molar refractivity (Wildman–Crippen MR) is 76.6 cm³/mol. The van der Waals surface area contributed by atoms with Crippen molar-refractivity contribution in [3.8, 4) is 5.75 Å².